The van der Waals surface area contributed by atoms with Gasteiger partial charge in [0, 0.05) is 12.6 Å². The number of rotatable bonds is 2. The largest absolute Gasteiger partial charge is 0.327 e. The van der Waals surface area contributed by atoms with Crippen LogP contribution < -0.4 is 16.4 Å². The molecule has 1 aliphatic heterocycles. The summed E-state index contributed by atoms with van der Waals surface area (Å²) in [6.45, 7) is 1.46. The van der Waals surface area contributed by atoms with Gasteiger partial charge in [0.2, 0.25) is 5.91 Å². The fourth-order valence-corrected chi connectivity index (χ4v) is 3.69. The molecule has 4 N–H and O–H groups in total. The third-order valence-corrected chi connectivity index (χ3v) is 5.12. The number of nitrogens with two attached hydrogens (primary N) is 1. The highest BCUT2D eigenvalue weighted by Crippen LogP contribution is 2.27. The van der Waals surface area contributed by atoms with E-state index in [2.05, 4.69) is 10.6 Å². The van der Waals surface area contributed by atoms with Crippen molar-refractivity contribution in [3.05, 3.63) is 29.1 Å². The Morgan fingerprint density at radius 1 is 1.22 bits per heavy atom. The van der Waals surface area contributed by atoms with Crippen LogP contribution in [-0.2, 0) is 17.8 Å². The Hall–Kier alpha value is -1.46. The monoisotopic (exact) mass is 319 g/mol. The lowest BCUT2D eigenvalue weighted by Crippen LogP contribution is -2.39. The maximum absolute atomic E-state index is 14.7. The summed E-state index contributed by atoms with van der Waals surface area (Å²) >= 11 is 0. The zero-order chi connectivity index (χ0) is 16.2. The van der Waals surface area contributed by atoms with Gasteiger partial charge in [-0.2, -0.15) is 0 Å². The van der Waals surface area contributed by atoms with Crippen molar-refractivity contribution in [1.29, 1.82) is 0 Å². The van der Waals surface area contributed by atoms with E-state index in [9.17, 15) is 9.18 Å². The predicted octanol–water partition coefficient (Wildman–Crippen LogP) is 2.71. The number of halogens is 1. The lowest BCUT2D eigenvalue weighted by atomic mass is 9.86. The minimum atomic E-state index is -0.281. The maximum Gasteiger partial charge on any atom is 0.229 e. The van der Waals surface area contributed by atoms with Crippen molar-refractivity contribution in [3.8, 4) is 0 Å². The fourth-order valence-electron chi connectivity index (χ4n) is 3.69. The summed E-state index contributed by atoms with van der Waals surface area (Å²) in [5.41, 5.74) is 8.19. The molecule has 23 heavy (non-hydrogen) atoms. The average Bonchev–Trinajstić information content (AvgIpc) is 2.54. The van der Waals surface area contributed by atoms with Crippen LogP contribution in [0.4, 0.5) is 10.1 Å². The summed E-state index contributed by atoms with van der Waals surface area (Å²) < 4.78 is 14.7. The van der Waals surface area contributed by atoms with Gasteiger partial charge in [-0.25, -0.2) is 4.39 Å². The first-order valence-corrected chi connectivity index (χ1v) is 8.74. The minimum absolute atomic E-state index is 0.125. The molecule has 1 saturated carbocycles. The van der Waals surface area contributed by atoms with E-state index >= 15 is 0 Å². The van der Waals surface area contributed by atoms with Crippen LogP contribution in [0.25, 0.3) is 0 Å². The summed E-state index contributed by atoms with van der Waals surface area (Å²) in [4.78, 5) is 12.6. The number of carbonyl (C=O) groups excluding carboxylic acids is 1. The van der Waals surface area contributed by atoms with Crippen LogP contribution in [0.5, 0.6) is 0 Å². The number of benzene rings is 1. The number of hydrogen-bond donors (Lipinski definition) is 3. The molecular formula is C18H26FN3O. The molecule has 0 bridgehead atoms. The average molecular weight is 319 g/mol. The van der Waals surface area contributed by atoms with Gasteiger partial charge < -0.3 is 16.4 Å². The summed E-state index contributed by atoms with van der Waals surface area (Å²) in [5.74, 6) is -0.628. The van der Waals surface area contributed by atoms with Crippen LogP contribution in [-0.4, -0.2) is 18.5 Å². The van der Waals surface area contributed by atoms with Crippen molar-refractivity contribution in [3.63, 3.8) is 0 Å². The first-order valence-electron chi connectivity index (χ1n) is 8.74. The van der Waals surface area contributed by atoms with Crippen molar-refractivity contribution in [2.45, 2.75) is 57.5 Å². The summed E-state index contributed by atoms with van der Waals surface area (Å²) in [6, 6.07) is 3.45. The smallest absolute Gasteiger partial charge is 0.229 e. The highest BCUT2D eigenvalue weighted by Gasteiger charge is 2.27. The van der Waals surface area contributed by atoms with Crippen LogP contribution in [0.2, 0.25) is 0 Å². The minimum Gasteiger partial charge on any atom is -0.327 e. The molecule has 2 unspecified atom stereocenters. The molecule has 2 atom stereocenters. The van der Waals surface area contributed by atoms with Gasteiger partial charge in [0.1, 0.15) is 5.82 Å². The molecule has 1 amide bonds. The Kier molecular flexibility index (Phi) is 5.28. The Morgan fingerprint density at radius 2 is 2.00 bits per heavy atom. The first-order chi connectivity index (χ1) is 11.2. The third kappa shape index (κ3) is 3.72. The molecule has 2 aliphatic rings. The van der Waals surface area contributed by atoms with Crippen molar-refractivity contribution >= 4 is 11.6 Å². The molecule has 1 heterocycles. The molecule has 4 nitrogen and oxygen atoms in total. The van der Waals surface area contributed by atoms with Crippen molar-refractivity contribution in [1.82, 2.24) is 5.32 Å². The lowest BCUT2D eigenvalue weighted by Gasteiger charge is -2.26. The van der Waals surface area contributed by atoms with E-state index in [0.29, 0.717) is 18.7 Å². The fraction of sp³-hybridized carbons (Fsp3) is 0.611. The van der Waals surface area contributed by atoms with Gasteiger partial charge in [0.15, 0.2) is 0 Å². The van der Waals surface area contributed by atoms with Gasteiger partial charge >= 0.3 is 0 Å². The molecule has 0 saturated heterocycles. The van der Waals surface area contributed by atoms with E-state index in [-0.39, 0.29) is 23.7 Å². The SMILES string of the molecule is NC1CCCCCCC1C(=O)Nc1ccc2c(c1F)CCNC2. The lowest BCUT2D eigenvalue weighted by molar-refractivity contribution is -0.120. The standard InChI is InChI=1S/C18H26FN3O/c19-17-13-9-10-21-11-12(13)7-8-16(17)22-18(23)14-5-3-1-2-4-6-15(14)20/h7-8,14-15,21H,1-6,9-11,20H2,(H,22,23). The van der Waals surface area contributed by atoms with E-state index in [4.69, 9.17) is 5.73 Å². The van der Waals surface area contributed by atoms with E-state index < -0.39 is 0 Å². The second-order valence-electron chi connectivity index (χ2n) is 6.74. The molecule has 0 aromatic heterocycles. The van der Waals surface area contributed by atoms with Gasteiger partial charge in [-0.05, 0) is 43.0 Å². The van der Waals surface area contributed by atoms with E-state index in [1.165, 1.54) is 6.42 Å². The van der Waals surface area contributed by atoms with E-state index in [1.807, 2.05) is 6.07 Å². The second-order valence-corrected chi connectivity index (χ2v) is 6.74. The van der Waals surface area contributed by atoms with Crippen LogP contribution in [0.15, 0.2) is 12.1 Å². The molecule has 126 valence electrons. The van der Waals surface area contributed by atoms with Gasteiger partial charge in [-0.3, -0.25) is 4.79 Å². The Morgan fingerprint density at radius 3 is 2.83 bits per heavy atom. The Balaban J connectivity index is 1.74. The zero-order valence-electron chi connectivity index (χ0n) is 13.5. The molecular weight excluding hydrogens is 293 g/mol. The van der Waals surface area contributed by atoms with Gasteiger partial charge in [0.25, 0.3) is 0 Å². The molecule has 1 fully saturated rings. The highest BCUT2D eigenvalue weighted by molar-refractivity contribution is 5.93. The number of nitrogens with one attached hydrogen (secondary N) is 2. The second kappa shape index (κ2) is 7.41. The molecule has 0 spiro atoms. The molecule has 1 aromatic rings. The van der Waals surface area contributed by atoms with Crippen molar-refractivity contribution < 1.29 is 9.18 Å². The summed E-state index contributed by atoms with van der Waals surface area (Å²) in [7, 11) is 0. The quantitative estimate of drug-likeness (QED) is 0.785. The molecule has 3 rings (SSSR count). The Labute approximate surface area is 137 Å². The van der Waals surface area contributed by atoms with Crippen LogP contribution in [0.1, 0.15) is 49.7 Å². The number of hydrogen-bond acceptors (Lipinski definition) is 3. The van der Waals surface area contributed by atoms with Gasteiger partial charge in [0.05, 0.1) is 11.6 Å². The molecule has 1 aliphatic carbocycles. The molecule has 1 aromatic carbocycles. The number of anilines is 1. The predicted molar refractivity (Wildman–Crippen MR) is 89.6 cm³/mol. The number of amides is 1. The van der Waals surface area contributed by atoms with Crippen molar-refractivity contribution in [2.24, 2.45) is 11.7 Å². The molecule has 0 radical (unpaired) electrons. The van der Waals surface area contributed by atoms with Crippen molar-refractivity contribution in [2.75, 3.05) is 11.9 Å². The summed E-state index contributed by atoms with van der Waals surface area (Å²) in [5, 5.41) is 6.02. The molecule has 5 heteroatoms. The Bertz CT molecular complexity index is 576. The summed E-state index contributed by atoms with van der Waals surface area (Å²) in [6.07, 6.45) is 6.76. The van der Waals surface area contributed by atoms with Crippen LogP contribution in [0.3, 0.4) is 0 Å². The highest BCUT2D eigenvalue weighted by atomic mass is 19.1. The maximum atomic E-state index is 14.7. The first kappa shape index (κ1) is 16.4. The normalized spacial score (nSPS) is 25.1. The van der Waals surface area contributed by atoms with Crippen LogP contribution in [0, 0.1) is 11.7 Å². The van der Waals surface area contributed by atoms with Gasteiger partial charge in [-0.1, -0.05) is 31.7 Å². The zero-order valence-corrected chi connectivity index (χ0v) is 13.5. The van der Waals surface area contributed by atoms with E-state index in [1.54, 1.807) is 6.07 Å². The van der Waals surface area contributed by atoms with Gasteiger partial charge in [-0.15, -0.1) is 0 Å². The third-order valence-electron chi connectivity index (χ3n) is 5.12. The topological polar surface area (TPSA) is 67.2 Å². The number of fused-ring (bicyclic) bond motifs is 1. The van der Waals surface area contributed by atoms with Crippen LogP contribution >= 0.6 is 0 Å². The number of carbonyl (C=O) groups is 1. The van der Waals surface area contributed by atoms with E-state index in [0.717, 1.165) is 49.8 Å².